The van der Waals surface area contributed by atoms with Gasteiger partial charge in [0.15, 0.2) is 5.69 Å². The van der Waals surface area contributed by atoms with Crippen LogP contribution in [0.15, 0.2) is 16.5 Å². The van der Waals surface area contributed by atoms with Gasteiger partial charge in [-0.15, -0.1) is 22.7 Å². The highest BCUT2D eigenvalue weighted by atomic mass is 32.1. The molecule has 0 spiro atoms. The Balaban J connectivity index is 1.74. The van der Waals surface area contributed by atoms with E-state index < -0.39 is 11.9 Å². The molecule has 3 heterocycles. The maximum Gasteiger partial charge on any atom is 0.434 e. The van der Waals surface area contributed by atoms with Crippen LogP contribution in [0.1, 0.15) is 35.4 Å². The van der Waals surface area contributed by atoms with Crippen LogP contribution >= 0.6 is 22.7 Å². The Morgan fingerprint density at radius 2 is 2.11 bits per heavy atom. The highest BCUT2D eigenvalue weighted by Gasteiger charge is 2.35. The Hall–Kier alpha value is -2.04. The highest BCUT2D eigenvalue weighted by Crippen LogP contribution is 2.45. The molecule has 0 radical (unpaired) electrons. The van der Waals surface area contributed by atoms with Gasteiger partial charge in [0.2, 0.25) is 0 Å². The number of hydrogen-bond donors (Lipinski definition) is 1. The van der Waals surface area contributed by atoms with Crippen LogP contribution in [0.5, 0.6) is 0 Å². The van der Waals surface area contributed by atoms with Gasteiger partial charge in [-0.2, -0.15) is 13.2 Å². The number of allylic oxidation sites excluding steroid dienone is 1. The number of ether oxygens (including phenoxy) is 1. The zero-order chi connectivity index (χ0) is 19.9. The number of nitrogens with one attached hydrogen (secondary N) is 1. The van der Waals surface area contributed by atoms with E-state index in [0.717, 1.165) is 33.6 Å². The number of anilines is 1. The number of hydrogen-bond acceptors (Lipinski definition) is 6. The first-order valence-electron chi connectivity index (χ1n) is 8.62. The Kier molecular flexibility index (Phi) is 5.11. The molecule has 10 heteroatoms. The SMILES string of the molecule is O=CC1=C(C(=O)Nc2sc3c(c2-c2nc(C(F)(F)F)cs2)CCOC3)CCC1. The third-order valence-electron chi connectivity index (χ3n) is 4.73. The number of carbonyl (C=O) groups excluding carboxylic acids is 2. The third kappa shape index (κ3) is 3.51. The largest absolute Gasteiger partial charge is 0.434 e. The fourth-order valence-electron chi connectivity index (χ4n) is 3.40. The topological polar surface area (TPSA) is 68.3 Å². The summed E-state index contributed by atoms with van der Waals surface area (Å²) in [6.07, 6.45) is -1.47. The van der Waals surface area contributed by atoms with Crippen molar-refractivity contribution in [3.63, 3.8) is 0 Å². The quantitative estimate of drug-likeness (QED) is 0.724. The van der Waals surface area contributed by atoms with Crippen molar-refractivity contribution < 1.29 is 27.5 Å². The smallest absolute Gasteiger partial charge is 0.376 e. The second-order valence-corrected chi connectivity index (χ2v) is 8.44. The maximum atomic E-state index is 13.0. The summed E-state index contributed by atoms with van der Waals surface area (Å²) >= 11 is 2.19. The van der Waals surface area contributed by atoms with Crippen LogP contribution in [-0.4, -0.2) is 23.8 Å². The molecule has 0 unspecified atom stereocenters. The number of alkyl halides is 3. The van der Waals surface area contributed by atoms with E-state index in [9.17, 15) is 22.8 Å². The van der Waals surface area contributed by atoms with Gasteiger partial charge in [-0.1, -0.05) is 0 Å². The minimum atomic E-state index is -4.52. The van der Waals surface area contributed by atoms with Crippen LogP contribution in [0.2, 0.25) is 0 Å². The maximum absolute atomic E-state index is 13.0. The first-order chi connectivity index (χ1) is 13.4. The monoisotopic (exact) mass is 428 g/mol. The Bertz CT molecular complexity index is 975. The minimum absolute atomic E-state index is 0.220. The van der Waals surface area contributed by atoms with Crippen molar-refractivity contribution in [2.75, 3.05) is 11.9 Å². The molecule has 2 aromatic heterocycles. The van der Waals surface area contributed by atoms with E-state index in [2.05, 4.69) is 10.3 Å². The first kappa shape index (κ1) is 19.3. The fraction of sp³-hybridized carbons (Fsp3) is 0.389. The standard InChI is InChI=1S/C18H15F3N2O3S2/c19-18(20,21)13-8-27-16(22-13)14-11-4-5-26-7-12(11)28-17(14)23-15(25)10-3-1-2-9(10)6-24/h6,8H,1-5,7H2,(H,23,25). The number of aldehydes is 1. The van der Waals surface area contributed by atoms with E-state index in [0.29, 0.717) is 60.5 Å². The average Bonchev–Trinajstić information content (AvgIpc) is 3.37. The number of amides is 1. The van der Waals surface area contributed by atoms with Crippen molar-refractivity contribution in [2.24, 2.45) is 0 Å². The molecule has 2 aliphatic rings. The van der Waals surface area contributed by atoms with E-state index >= 15 is 0 Å². The van der Waals surface area contributed by atoms with Gasteiger partial charge in [0.1, 0.15) is 16.3 Å². The summed E-state index contributed by atoms with van der Waals surface area (Å²) in [6.45, 7) is 0.810. The highest BCUT2D eigenvalue weighted by molar-refractivity contribution is 7.18. The summed E-state index contributed by atoms with van der Waals surface area (Å²) in [5.74, 6) is -0.382. The van der Waals surface area contributed by atoms with Gasteiger partial charge in [0.05, 0.1) is 13.2 Å². The summed E-state index contributed by atoms with van der Waals surface area (Å²) < 4.78 is 44.4. The minimum Gasteiger partial charge on any atom is -0.376 e. The van der Waals surface area contributed by atoms with Gasteiger partial charge in [-0.25, -0.2) is 4.98 Å². The van der Waals surface area contributed by atoms with E-state index in [1.54, 1.807) is 0 Å². The Morgan fingerprint density at radius 3 is 2.82 bits per heavy atom. The molecule has 2 aromatic rings. The number of thiazole rings is 1. The Labute approximate surface area is 166 Å². The van der Waals surface area contributed by atoms with E-state index in [-0.39, 0.29) is 10.9 Å². The second kappa shape index (κ2) is 7.41. The van der Waals surface area contributed by atoms with E-state index in [1.807, 2.05) is 0 Å². The van der Waals surface area contributed by atoms with Gasteiger partial charge < -0.3 is 10.1 Å². The number of fused-ring (bicyclic) bond motifs is 1. The Morgan fingerprint density at radius 1 is 1.29 bits per heavy atom. The lowest BCUT2D eigenvalue weighted by Gasteiger charge is -2.13. The predicted octanol–water partition coefficient (Wildman–Crippen LogP) is 4.58. The van der Waals surface area contributed by atoms with Gasteiger partial charge in [0.25, 0.3) is 5.91 Å². The molecule has 4 rings (SSSR count). The summed E-state index contributed by atoms with van der Waals surface area (Å²) in [5, 5.41) is 4.47. The van der Waals surface area contributed by atoms with Gasteiger partial charge in [0, 0.05) is 27.0 Å². The summed E-state index contributed by atoms with van der Waals surface area (Å²) in [4.78, 5) is 28.5. The lowest BCUT2D eigenvalue weighted by atomic mass is 10.1. The molecular weight excluding hydrogens is 413 g/mol. The number of carbonyl (C=O) groups is 2. The zero-order valence-electron chi connectivity index (χ0n) is 14.5. The molecule has 148 valence electrons. The van der Waals surface area contributed by atoms with Crippen molar-refractivity contribution in [3.8, 4) is 10.6 Å². The van der Waals surface area contributed by atoms with Crippen LogP contribution < -0.4 is 5.32 Å². The molecule has 0 aromatic carbocycles. The van der Waals surface area contributed by atoms with Gasteiger partial charge in [-0.05, 0) is 31.2 Å². The molecule has 1 aliphatic carbocycles. The van der Waals surface area contributed by atoms with Crippen molar-refractivity contribution in [1.29, 1.82) is 0 Å². The van der Waals surface area contributed by atoms with Crippen LogP contribution in [0, 0.1) is 0 Å². The predicted molar refractivity (Wildman–Crippen MR) is 99.4 cm³/mol. The molecule has 1 N–H and O–H groups in total. The van der Waals surface area contributed by atoms with Crippen LogP contribution in [0.3, 0.4) is 0 Å². The molecule has 5 nitrogen and oxygen atoms in total. The molecule has 1 aliphatic heterocycles. The third-order valence-corrected chi connectivity index (χ3v) is 6.71. The molecule has 0 saturated heterocycles. The molecule has 0 fully saturated rings. The second-order valence-electron chi connectivity index (χ2n) is 6.48. The van der Waals surface area contributed by atoms with Crippen LogP contribution in [0.4, 0.5) is 18.2 Å². The molecule has 0 bridgehead atoms. The van der Waals surface area contributed by atoms with Gasteiger partial charge in [-0.3, -0.25) is 9.59 Å². The molecule has 0 saturated carbocycles. The number of rotatable bonds is 4. The van der Waals surface area contributed by atoms with Crippen molar-refractivity contribution in [1.82, 2.24) is 4.98 Å². The normalized spacial score (nSPS) is 17.0. The van der Waals surface area contributed by atoms with Crippen molar-refractivity contribution in [2.45, 2.75) is 38.5 Å². The zero-order valence-corrected chi connectivity index (χ0v) is 16.2. The number of thiophene rings is 1. The molecule has 1 amide bonds. The number of halogens is 3. The fourth-order valence-corrected chi connectivity index (χ4v) is 5.55. The lowest BCUT2D eigenvalue weighted by Crippen LogP contribution is -2.14. The number of aromatic nitrogens is 1. The molecule has 0 atom stereocenters. The van der Waals surface area contributed by atoms with Crippen molar-refractivity contribution in [3.05, 3.63) is 32.7 Å². The van der Waals surface area contributed by atoms with E-state index in [1.165, 1.54) is 11.3 Å². The van der Waals surface area contributed by atoms with Crippen LogP contribution in [0.25, 0.3) is 10.6 Å². The first-order valence-corrected chi connectivity index (χ1v) is 10.3. The summed E-state index contributed by atoms with van der Waals surface area (Å²) in [7, 11) is 0. The van der Waals surface area contributed by atoms with Crippen LogP contribution in [-0.2, 0) is 33.5 Å². The summed E-state index contributed by atoms with van der Waals surface area (Å²) in [6, 6.07) is 0. The average molecular weight is 428 g/mol. The van der Waals surface area contributed by atoms with Crippen molar-refractivity contribution >= 4 is 39.9 Å². The van der Waals surface area contributed by atoms with Gasteiger partial charge >= 0.3 is 6.18 Å². The molecule has 28 heavy (non-hydrogen) atoms. The number of nitrogens with zero attached hydrogens (tertiary/aromatic N) is 1. The molecular formula is C18H15F3N2O3S2. The summed E-state index contributed by atoms with van der Waals surface area (Å²) in [5.41, 5.74) is 1.38. The van der Waals surface area contributed by atoms with E-state index in [4.69, 9.17) is 4.74 Å². The lowest BCUT2D eigenvalue weighted by molar-refractivity contribution is -0.140.